The van der Waals surface area contributed by atoms with Crippen LogP contribution in [0.2, 0.25) is 0 Å². The van der Waals surface area contributed by atoms with E-state index in [1.807, 2.05) is 19.2 Å². The number of pyridine rings is 1. The molecule has 9 heteroatoms. The number of aromatic nitrogens is 3. The highest BCUT2D eigenvalue weighted by Gasteiger charge is 2.31. The van der Waals surface area contributed by atoms with Gasteiger partial charge in [-0.25, -0.2) is 9.97 Å². The molecule has 2 aromatic heterocycles. The van der Waals surface area contributed by atoms with E-state index in [1.165, 1.54) is 24.1 Å². The maximum absolute atomic E-state index is 13.6. The van der Waals surface area contributed by atoms with Crippen molar-refractivity contribution >= 4 is 23.5 Å². The Bertz CT molecular complexity index is 985. The minimum absolute atomic E-state index is 0.294. The van der Waals surface area contributed by atoms with Crippen molar-refractivity contribution in [2.45, 2.75) is 30.4 Å². The number of nitrogens with zero attached hydrogens (tertiary/aromatic N) is 3. The van der Waals surface area contributed by atoms with E-state index >= 15 is 0 Å². The number of halogens is 2. The predicted molar refractivity (Wildman–Crippen MR) is 109 cm³/mol. The molecule has 0 bridgehead atoms. The molecular weight excluding hydrogens is 396 g/mol. The molecule has 0 radical (unpaired) electrons. The van der Waals surface area contributed by atoms with Gasteiger partial charge in [0.2, 0.25) is 0 Å². The Kier molecular flexibility index (Phi) is 5.53. The Labute approximate surface area is 171 Å². The van der Waals surface area contributed by atoms with Crippen molar-refractivity contribution in [1.82, 2.24) is 19.3 Å². The molecule has 1 aliphatic heterocycles. The fourth-order valence-electron chi connectivity index (χ4n) is 3.31. The van der Waals surface area contributed by atoms with Gasteiger partial charge in [0, 0.05) is 48.6 Å². The summed E-state index contributed by atoms with van der Waals surface area (Å²) in [6, 6.07) is 8.78. The van der Waals surface area contributed by atoms with Gasteiger partial charge in [0.15, 0.2) is 0 Å². The van der Waals surface area contributed by atoms with E-state index in [0.717, 1.165) is 60.4 Å². The van der Waals surface area contributed by atoms with Crippen LogP contribution in [0.3, 0.4) is 0 Å². The van der Waals surface area contributed by atoms with Crippen LogP contribution in [0.5, 0.6) is 0 Å². The molecule has 0 saturated carbocycles. The molecule has 0 saturated heterocycles. The van der Waals surface area contributed by atoms with E-state index in [9.17, 15) is 8.78 Å². The molecule has 6 nitrogen and oxygen atoms in total. The van der Waals surface area contributed by atoms with Crippen LogP contribution < -0.4 is 10.0 Å². The van der Waals surface area contributed by atoms with Gasteiger partial charge >= 0.3 is 6.11 Å². The molecule has 0 unspecified atom stereocenters. The number of hydrogen-bond acceptors (Lipinski definition) is 6. The summed E-state index contributed by atoms with van der Waals surface area (Å²) in [6.45, 7) is 0.979. The zero-order valence-corrected chi connectivity index (χ0v) is 16.9. The second kappa shape index (κ2) is 8.10. The number of rotatable bonds is 7. The summed E-state index contributed by atoms with van der Waals surface area (Å²) < 4.78 is 36.7. The lowest BCUT2D eigenvalue weighted by molar-refractivity contribution is -0.231. The van der Waals surface area contributed by atoms with Crippen molar-refractivity contribution in [1.29, 1.82) is 0 Å². The highest BCUT2D eigenvalue weighted by Crippen LogP contribution is 2.34. The number of hydrogen-bond donors (Lipinski definition) is 2. The van der Waals surface area contributed by atoms with E-state index in [-0.39, 0.29) is 5.56 Å². The lowest BCUT2D eigenvalue weighted by Crippen LogP contribution is -2.15. The molecular formula is C20H21F2N5OS. The van der Waals surface area contributed by atoms with Gasteiger partial charge in [-0.15, -0.1) is 0 Å². The number of anilines is 2. The molecule has 0 fully saturated rings. The van der Waals surface area contributed by atoms with Crippen LogP contribution >= 0.6 is 11.9 Å². The van der Waals surface area contributed by atoms with Crippen LogP contribution in [0, 0.1) is 0 Å². The highest BCUT2D eigenvalue weighted by molar-refractivity contribution is 7.97. The van der Waals surface area contributed by atoms with Gasteiger partial charge in [-0.3, -0.25) is 4.72 Å². The zero-order chi connectivity index (χ0) is 20.4. The van der Waals surface area contributed by atoms with Gasteiger partial charge in [0.05, 0.1) is 11.3 Å². The first-order chi connectivity index (χ1) is 14.0. The second-order valence-electron chi connectivity index (χ2n) is 6.63. The molecule has 152 valence electrons. The zero-order valence-electron chi connectivity index (χ0n) is 16.1. The Morgan fingerprint density at radius 2 is 2.10 bits per heavy atom. The predicted octanol–water partition coefficient (Wildman–Crippen LogP) is 4.56. The molecule has 2 N–H and O–H groups in total. The molecule has 1 aliphatic rings. The van der Waals surface area contributed by atoms with Crippen LogP contribution in [0.15, 0.2) is 47.6 Å². The average Bonchev–Trinajstić information content (AvgIpc) is 3.32. The number of alkyl halides is 2. The fraction of sp³-hybridized carbons (Fsp3) is 0.300. The van der Waals surface area contributed by atoms with Gasteiger partial charge < -0.3 is 14.6 Å². The third kappa shape index (κ3) is 4.12. The molecule has 0 amide bonds. The lowest BCUT2D eigenvalue weighted by Gasteiger charge is -2.15. The smallest absolute Gasteiger partial charge is 0.340 e. The largest absolute Gasteiger partial charge is 0.384 e. The van der Waals surface area contributed by atoms with Crippen LogP contribution in [-0.4, -0.2) is 28.7 Å². The maximum atomic E-state index is 13.6. The first-order valence-electron chi connectivity index (χ1n) is 9.21. The molecule has 29 heavy (non-hydrogen) atoms. The van der Waals surface area contributed by atoms with Crippen molar-refractivity contribution in [3.63, 3.8) is 0 Å². The van der Waals surface area contributed by atoms with E-state index < -0.39 is 6.11 Å². The maximum Gasteiger partial charge on any atom is 0.384 e. The first kappa shape index (κ1) is 19.8. The van der Waals surface area contributed by atoms with Gasteiger partial charge in [-0.2, -0.15) is 8.78 Å². The van der Waals surface area contributed by atoms with Crippen LogP contribution in [0.4, 0.5) is 20.3 Å². The summed E-state index contributed by atoms with van der Waals surface area (Å²) in [5.74, 6) is 1.55. The van der Waals surface area contributed by atoms with Gasteiger partial charge in [-0.1, -0.05) is 0 Å². The van der Waals surface area contributed by atoms with Crippen LogP contribution in [0.1, 0.15) is 17.8 Å². The quantitative estimate of drug-likeness (QED) is 0.550. The normalized spacial score (nSPS) is 13.5. The first-order valence-corrected chi connectivity index (χ1v) is 10.0. The summed E-state index contributed by atoms with van der Waals surface area (Å²) in [4.78, 5) is 9.94. The van der Waals surface area contributed by atoms with E-state index in [1.54, 1.807) is 0 Å². The summed E-state index contributed by atoms with van der Waals surface area (Å²) in [5, 5.41) is 3.23. The number of imidazole rings is 1. The lowest BCUT2D eigenvalue weighted by atomic mass is 10.1. The van der Waals surface area contributed by atoms with Crippen molar-refractivity contribution in [3.05, 3.63) is 54.1 Å². The van der Waals surface area contributed by atoms with Crippen LogP contribution in [-0.2, 0) is 23.8 Å². The van der Waals surface area contributed by atoms with Crippen molar-refractivity contribution in [2.24, 2.45) is 0 Å². The molecule has 0 spiro atoms. The Morgan fingerprint density at radius 1 is 1.24 bits per heavy atom. The molecule has 3 aromatic rings. The molecule has 4 rings (SSSR count). The van der Waals surface area contributed by atoms with Crippen LogP contribution in [0.25, 0.3) is 11.3 Å². The number of ether oxygens (including phenoxy) is 1. The highest BCUT2D eigenvalue weighted by atomic mass is 32.2. The summed E-state index contributed by atoms with van der Waals surface area (Å²) in [5.41, 5.74) is 2.32. The number of methoxy groups -OCH3 is 1. The average molecular weight is 417 g/mol. The van der Waals surface area contributed by atoms with Crippen molar-refractivity contribution in [3.8, 4) is 11.3 Å². The topological polar surface area (TPSA) is 64.0 Å². The van der Waals surface area contributed by atoms with Gasteiger partial charge in [0.1, 0.15) is 11.6 Å². The number of aryl methyl sites for hydroxylation is 2. The van der Waals surface area contributed by atoms with Gasteiger partial charge in [-0.05, 0) is 55.7 Å². The monoisotopic (exact) mass is 417 g/mol. The Morgan fingerprint density at radius 3 is 2.79 bits per heavy atom. The molecule has 1 aromatic carbocycles. The third-order valence-corrected chi connectivity index (χ3v) is 5.46. The van der Waals surface area contributed by atoms with Gasteiger partial charge in [0.25, 0.3) is 0 Å². The molecule has 3 heterocycles. The second-order valence-corrected chi connectivity index (χ2v) is 7.71. The summed E-state index contributed by atoms with van der Waals surface area (Å²) in [7, 11) is 2.83. The Balaban J connectivity index is 1.66. The number of fused-ring (bicyclic) bond motifs is 1. The standard InChI is InChI=1S/C20H21F2N5OS/c1-23-29-14-6-7-16(15(10-14)17-12-27-9-3-4-19(27)26-17)25-18-8-5-13(11-24-18)20(21,22)28-2/h5-8,10-12,23H,3-4,9H2,1-2H3,(H,24,25). The van der Waals surface area contributed by atoms with Crippen molar-refractivity contribution in [2.75, 3.05) is 19.5 Å². The minimum Gasteiger partial charge on any atom is -0.340 e. The molecule has 0 atom stereocenters. The molecule has 0 aliphatic carbocycles. The Hall–Kier alpha value is -2.49. The number of nitrogens with one attached hydrogen (secondary N) is 2. The van der Waals surface area contributed by atoms with E-state index in [4.69, 9.17) is 4.98 Å². The summed E-state index contributed by atoms with van der Waals surface area (Å²) in [6.07, 6.45) is 1.91. The van der Waals surface area contributed by atoms with Crippen molar-refractivity contribution < 1.29 is 13.5 Å². The SMILES string of the molecule is CNSc1ccc(Nc2ccc(C(F)(F)OC)cn2)c(-c2cn3c(n2)CCC3)c1. The minimum atomic E-state index is -3.36. The van der Waals surface area contributed by atoms with E-state index in [2.05, 4.69) is 36.6 Å². The third-order valence-electron chi connectivity index (χ3n) is 4.76. The summed E-state index contributed by atoms with van der Waals surface area (Å²) >= 11 is 1.51. The fourth-order valence-corrected chi connectivity index (χ4v) is 3.85. The van der Waals surface area contributed by atoms with E-state index in [0.29, 0.717) is 5.82 Å². The number of benzene rings is 1.